The summed E-state index contributed by atoms with van der Waals surface area (Å²) >= 11 is 6.22. The number of fused-ring (bicyclic) bond motifs is 2. The summed E-state index contributed by atoms with van der Waals surface area (Å²) in [5.41, 5.74) is 3.90. The number of nitrogens with zero attached hydrogens (tertiary/aromatic N) is 1. The number of pyridine rings is 1. The van der Waals surface area contributed by atoms with Gasteiger partial charge in [0.05, 0.1) is 26.3 Å². The van der Waals surface area contributed by atoms with E-state index in [1.165, 1.54) is 0 Å². The number of hydrogen-bond acceptors (Lipinski definition) is 5. The van der Waals surface area contributed by atoms with E-state index in [4.69, 9.17) is 21.1 Å². The summed E-state index contributed by atoms with van der Waals surface area (Å²) in [5.74, 6) is 0.979. The smallest absolute Gasteiger partial charge is 0.238 e. The zero-order chi connectivity index (χ0) is 22.1. The van der Waals surface area contributed by atoms with Crippen LogP contribution in [0.25, 0.3) is 10.9 Å². The number of benzene rings is 2. The van der Waals surface area contributed by atoms with Crippen molar-refractivity contribution < 1.29 is 14.3 Å². The second-order valence-corrected chi connectivity index (χ2v) is 7.99. The van der Waals surface area contributed by atoms with Crippen molar-refractivity contribution >= 4 is 34.1 Å². The molecule has 0 saturated heterocycles. The van der Waals surface area contributed by atoms with Crippen LogP contribution in [0.5, 0.6) is 11.5 Å². The molecule has 1 aliphatic rings. The molecule has 7 nitrogen and oxygen atoms in total. The van der Waals surface area contributed by atoms with E-state index in [1.807, 2.05) is 11.8 Å². The number of aromatic amines is 1. The first kappa shape index (κ1) is 21.2. The second kappa shape index (κ2) is 8.61. The molecule has 0 saturated carbocycles. The minimum absolute atomic E-state index is 0.00600. The molecular weight excluding hydrogens is 418 g/mol. The first-order valence-electron chi connectivity index (χ1n) is 9.98. The molecule has 4 rings (SSSR count). The van der Waals surface area contributed by atoms with Gasteiger partial charge < -0.3 is 19.8 Å². The number of ether oxygens (including phenoxy) is 2. The zero-order valence-corrected chi connectivity index (χ0v) is 18.4. The van der Waals surface area contributed by atoms with Crippen molar-refractivity contribution in [3.63, 3.8) is 0 Å². The van der Waals surface area contributed by atoms with Crippen LogP contribution in [0.4, 0.5) is 5.69 Å². The highest BCUT2D eigenvalue weighted by atomic mass is 35.5. The minimum Gasteiger partial charge on any atom is -0.493 e. The molecule has 2 heterocycles. The Bertz CT molecular complexity index is 1220. The van der Waals surface area contributed by atoms with Crippen molar-refractivity contribution in [3.05, 3.63) is 62.4 Å². The molecule has 0 atom stereocenters. The van der Waals surface area contributed by atoms with E-state index in [-0.39, 0.29) is 17.9 Å². The zero-order valence-electron chi connectivity index (χ0n) is 17.7. The number of rotatable bonds is 5. The number of nitrogens with one attached hydrogen (secondary N) is 2. The number of anilines is 1. The molecule has 1 aliphatic heterocycles. The SMILES string of the molecule is COc1ccc(NC(=O)CN2CCc3[nH]c4c(C)c(Cl)ccc4c(=O)c3C2)cc1OC. The first-order valence-corrected chi connectivity index (χ1v) is 10.4. The lowest BCUT2D eigenvalue weighted by molar-refractivity contribution is -0.117. The number of halogens is 1. The van der Waals surface area contributed by atoms with Crippen LogP contribution < -0.4 is 20.2 Å². The molecule has 0 spiro atoms. The predicted molar refractivity (Wildman–Crippen MR) is 121 cm³/mol. The topological polar surface area (TPSA) is 83.7 Å². The maximum atomic E-state index is 13.1. The number of aryl methyl sites for hydroxylation is 1. The third-order valence-electron chi connectivity index (χ3n) is 5.65. The summed E-state index contributed by atoms with van der Waals surface area (Å²) in [4.78, 5) is 31.0. The molecule has 8 heteroatoms. The molecule has 0 unspecified atom stereocenters. The van der Waals surface area contributed by atoms with E-state index in [0.29, 0.717) is 52.7 Å². The molecule has 2 aromatic carbocycles. The van der Waals surface area contributed by atoms with Gasteiger partial charge >= 0.3 is 0 Å². The Balaban J connectivity index is 1.50. The van der Waals surface area contributed by atoms with Gasteiger partial charge in [-0.15, -0.1) is 0 Å². The van der Waals surface area contributed by atoms with Gasteiger partial charge in [0, 0.05) is 52.9 Å². The lowest BCUT2D eigenvalue weighted by Gasteiger charge is -2.28. The van der Waals surface area contributed by atoms with E-state index >= 15 is 0 Å². The molecule has 2 N–H and O–H groups in total. The number of carbonyl (C=O) groups is 1. The van der Waals surface area contributed by atoms with Gasteiger partial charge in [-0.2, -0.15) is 0 Å². The van der Waals surface area contributed by atoms with Crippen LogP contribution in [-0.4, -0.2) is 43.1 Å². The Hall–Kier alpha value is -3.03. The summed E-state index contributed by atoms with van der Waals surface area (Å²) in [6.07, 6.45) is 0.663. The fraction of sp³-hybridized carbons (Fsp3) is 0.304. The van der Waals surface area contributed by atoms with E-state index in [1.54, 1.807) is 44.6 Å². The Morgan fingerprint density at radius 2 is 1.97 bits per heavy atom. The van der Waals surface area contributed by atoms with Gasteiger partial charge in [-0.05, 0) is 36.8 Å². The van der Waals surface area contributed by atoms with Crippen LogP contribution in [0.1, 0.15) is 16.8 Å². The van der Waals surface area contributed by atoms with Crippen molar-refractivity contribution in [1.82, 2.24) is 9.88 Å². The molecule has 0 aliphatic carbocycles. The van der Waals surface area contributed by atoms with Gasteiger partial charge in [0.1, 0.15) is 0 Å². The van der Waals surface area contributed by atoms with Gasteiger partial charge in [0.15, 0.2) is 16.9 Å². The third-order valence-corrected chi connectivity index (χ3v) is 6.06. The normalized spacial score (nSPS) is 13.7. The molecule has 162 valence electrons. The van der Waals surface area contributed by atoms with E-state index in [0.717, 1.165) is 16.8 Å². The molecule has 3 aromatic rings. The Labute approximate surface area is 184 Å². The summed E-state index contributed by atoms with van der Waals surface area (Å²) in [6.45, 7) is 3.18. The molecule has 1 amide bonds. The molecule has 0 bridgehead atoms. The van der Waals surface area contributed by atoms with Crippen LogP contribution >= 0.6 is 11.6 Å². The van der Waals surface area contributed by atoms with Gasteiger partial charge in [-0.25, -0.2) is 0 Å². The van der Waals surface area contributed by atoms with Crippen LogP contribution in [0.15, 0.2) is 35.1 Å². The highest BCUT2D eigenvalue weighted by Crippen LogP contribution is 2.30. The molecule has 31 heavy (non-hydrogen) atoms. The fourth-order valence-electron chi connectivity index (χ4n) is 3.97. The van der Waals surface area contributed by atoms with Crippen molar-refractivity contribution in [3.8, 4) is 11.5 Å². The monoisotopic (exact) mass is 441 g/mol. The van der Waals surface area contributed by atoms with Gasteiger partial charge in [-0.3, -0.25) is 14.5 Å². The standard InChI is InChI=1S/C23H24ClN3O4/c1-13-17(24)6-5-15-22(13)26-18-8-9-27(11-16(18)23(15)29)12-21(28)25-14-4-7-19(30-2)20(10-14)31-3/h4-7,10H,8-9,11-12H2,1-3H3,(H,25,28)(H,26,29). The van der Waals surface area contributed by atoms with Crippen LogP contribution in [0, 0.1) is 6.92 Å². The third kappa shape index (κ3) is 4.11. The summed E-state index contributed by atoms with van der Waals surface area (Å²) in [6, 6.07) is 8.72. The van der Waals surface area contributed by atoms with E-state index in [2.05, 4.69) is 10.3 Å². The number of methoxy groups -OCH3 is 2. The number of hydrogen-bond donors (Lipinski definition) is 2. The lowest BCUT2D eigenvalue weighted by atomic mass is 10.0. The van der Waals surface area contributed by atoms with Gasteiger partial charge in [-0.1, -0.05) is 11.6 Å². The number of aromatic nitrogens is 1. The minimum atomic E-state index is -0.157. The largest absolute Gasteiger partial charge is 0.493 e. The van der Waals surface area contributed by atoms with Crippen molar-refractivity contribution in [2.24, 2.45) is 0 Å². The molecular formula is C23H24ClN3O4. The molecule has 1 aromatic heterocycles. The molecule has 0 radical (unpaired) electrons. The van der Waals surface area contributed by atoms with E-state index in [9.17, 15) is 9.59 Å². The summed E-state index contributed by atoms with van der Waals surface area (Å²) in [5, 5.41) is 4.13. The van der Waals surface area contributed by atoms with Gasteiger partial charge in [0.2, 0.25) is 5.91 Å². The summed E-state index contributed by atoms with van der Waals surface area (Å²) in [7, 11) is 3.11. The highest BCUT2D eigenvalue weighted by molar-refractivity contribution is 6.32. The average molecular weight is 442 g/mol. The predicted octanol–water partition coefficient (Wildman–Crippen LogP) is 3.50. The number of carbonyl (C=O) groups excluding carboxylic acids is 1. The fourth-order valence-corrected chi connectivity index (χ4v) is 4.13. The van der Waals surface area contributed by atoms with Crippen LogP contribution in [0.3, 0.4) is 0 Å². The quantitative estimate of drug-likeness (QED) is 0.633. The van der Waals surface area contributed by atoms with Gasteiger partial charge in [0.25, 0.3) is 0 Å². The highest BCUT2D eigenvalue weighted by Gasteiger charge is 2.23. The average Bonchev–Trinajstić information content (AvgIpc) is 2.77. The van der Waals surface area contributed by atoms with Crippen molar-refractivity contribution in [2.45, 2.75) is 19.9 Å². The van der Waals surface area contributed by atoms with Crippen molar-refractivity contribution in [1.29, 1.82) is 0 Å². The second-order valence-electron chi connectivity index (χ2n) is 7.58. The Kier molecular flexibility index (Phi) is 5.89. The van der Waals surface area contributed by atoms with Crippen molar-refractivity contribution in [2.75, 3.05) is 32.6 Å². The number of H-pyrrole nitrogens is 1. The maximum absolute atomic E-state index is 13.1. The maximum Gasteiger partial charge on any atom is 0.238 e. The van der Waals surface area contributed by atoms with Crippen LogP contribution in [0.2, 0.25) is 5.02 Å². The van der Waals surface area contributed by atoms with E-state index < -0.39 is 0 Å². The molecule has 0 fully saturated rings. The van der Waals surface area contributed by atoms with Crippen LogP contribution in [-0.2, 0) is 17.8 Å². The summed E-state index contributed by atoms with van der Waals surface area (Å²) < 4.78 is 10.5. The number of amides is 1. The lowest BCUT2D eigenvalue weighted by Crippen LogP contribution is -2.39. The first-order chi connectivity index (χ1) is 14.9. The Morgan fingerprint density at radius 1 is 1.19 bits per heavy atom. The Morgan fingerprint density at radius 3 is 2.71 bits per heavy atom.